The number of hydrazone groups is 1. The molecule has 122 valence electrons. The molecule has 3 rings (SSSR count). The van der Waals surface area contributed by atoms with Gasteiger partial charge in [0.05, 0.1) is 23.9 Å². The molecule has 0 unspecified atom stereocenters. The topological polar surface area (TPSA) is 79.4 Å². The van der Waals surface area contributed by atoms with Gasteiger partial charge in [0.1, 0.15) is 11.4 Å². The van der Waals surface area contributed by atoms with Crippen molar-refractivity contribution in [2.75, 3.05) is 7.11 Å². The molecule has 2 heterocycles. The van der Waals surface area contributed by atoms with E-state index in [9.17, 15) is 9.18 Å². The Bertz CT molecular complexity index is 870. The number of rotatable bonds is 5. The van der Waals surface area contributed by atoms with E-state index in [0.717, 1.165) is 22.6 Å². The molecule has 0 saturated carbocycles. The molecule has 2 N–H and O–H groups in total. The molecule has 0 spiro atoms. The zero-order chi connectivity index (χ0) is 16.9. The van der Waals surface area contributed by atoms with Gasteiger partial charge in [0, 0.05) is 5.56 Å². The molecule has 0 radical (unpaired) electrons. The number of amides is 1. The highest BCUT2D eigenvalue weighted by molar-refractivity contribution is 7.12. The Morgan fingerprint density at radius 2 is 2.12 bits per heavy atom. The average molecular weight is 344 g/mol. The van der Waals surface area contributed by atoms with Gasteiger partial charge in [-0.1, -0.05) is 0 Å². The summed E-state index contributed by atoms with van der Waals surface area (Å²) in [6.45, 7) is 0. The molecule has 3 aromatic rings. The highest BCUT2D eigenvalue weighted by atomic mass is 32.1. The van der Waals surface area contributed by atoms with Gasteiger partial charge in [0.2, 0.25) is 0 Å². The van der Waals surface area contributed by atoms with E-state index in [1.54, 1.807) is 19.2 Å². The zero-order valence-electron chi connectivity index (χ0n) is 12.6. The van der Waals surface area contributed by atoms with Crippen molar-refractivity contribution in [3.05, 3.63) is 58.2 Å². The Morgan fingerprint density at radius 3 is 2.79 bits per heavy atom. The molecular formula is C16H13FN4O2S. The summed E-state index contributed by atoms with van der Waals surface area (Å²) in [5.74, 6) is 0.308. The molecule has 0 fully saturated rings. The molecule has 0 aliphatic rings. The van der Waals surface area contributed by atoms with Crippen LogP contribution in [0.1, 0.15) is 15.4 Å². The molecule has 1 amide bonds. The molecule has 24 heavy (non-hydrogen) atoms. The van der Waals surface area contributed by atoms with Crippen LogP contribution in [0.15, 0.2) is 47.6 Å². The van der Waals surface area contributed by atoms with Crippen molar-refractivity contribution >= 4 is 23.5 Å². The maximum Gasteiger partial charge on any atom is 0.289 e. The molecular weight excluding hydrogens is 331 g/mol. The number of ether oxygens (including phenoxy) is 1. The van der Waals surface area contributed by atoms with Crippen molar-refractivity contribution in [1.29, 1.82) is 0 Å². The Balaban J connectivity index is 1.65. The second-order valence-corrected chi connectivity index (χ2v) is 5.80. The lowest BCUT2D eigenvalue weighted by Crippen LogP contribution is -2.17. The standard InChI is InChI=1S/C16H13FN4O2S/c1-23-11-4-2-10(3-5-11)13-8-14(20-19-13)16(22)21-18-9-12-6-7-15(17)24-12/h2-9H,1H3,(H,19,20)(H,21,22)/b18-9+. The van der Waals surface area contributed by atoms with Crippen molar-refractivity contribution < 1.29 is 13.9 Å². The molecule has 0 aliphatic carbocycles. The normalized spacial score (nSPS) is 10.9. The fourth-order valence-electron chi connectivity index (χ4n) is 1.96. The third kappa shape index (κ3) is 3.66. The second-order valence-electron chi connectivity index (χ2n) is 4.74. The van der Waals surface area contributed by atoms with Crippen LogP contribution in [0.3, 0.4) is 0 Å². The maximum absolute atomic E-state index is 12.8. The van der Waals surface area contributed by atoms with Crippen LogP contribution in [0.5, 0.6) is 5.75 Å². The lowest BCUT2D eigenvalue weighted by atomic mass is 10.1. The summed E-state index contributed by atoms with van der Waals surface area (Å²) in [5, 5.41) is 10.3. The number of halogens is 1. The summed E-state index contributed by atoms with van der Waals surface area (Å²) in [5.41, 5.74) is 4.12. The van der Waals surface area contributed by atoms with Crippen molar-refractivity contribution in [2.24, 2.45) is 5.10 Å². The highest BCUT2D eigenvalue weighted by Gasteiger charge is 2.10. The third-order valence-electron chi connectivity index (χ3n) is 3.16. The molecule has 0 bridgehead atoms. The number of nitrogens with zero attached hydrogens (tertiary/aromatic N) is 2. The zero-order valence-corrected chi connectivity index (χ0v) is 13.4. The van der Waals surface area contributed by atoms with Gasteiger partial charge in [-0.05, 0) is 42.5 Å². The molecule has 6 nitrogen and oxygen atoms in total. The van der Waals surface area contributed by atoms with Crippen LogP contribution in [-0.2, 0) is 0 Å². The first kappa shape index (κ1) is 15.9. The highest BCUT2D eigenvalue weighted by Crippen LogP contribution is 2.21. The molecule has 2 aromatic heterocycles. The van der Waals surface area contributed by atoms with Crippen LogP contribution >= 0.6 is 11.3 Å². The molecule has 0 atom stereocenters. The number of aromatic amines is 1. The summed E-state index contributed by atoms with van der Waals surface area (Å²) >= 11 is 0.942. The quantitative estimate of drug-likeness (QED) is 0.551. The van der Waals surface area contributed by atoms with Crippen LogP contribution in [0.25, 0.3) is 11.3 Å². The Hall–Kier alpha value is -3.00. The summed E-state index contributed by atoms with van der Waals surface area (Å²) in [6, 6.07) is 11.9. The first-order chi connectivity index (χ1) is 11.7. The number of hydrogen-bond donors (Lipinski definition) is 2. The SMILES string of the molecule is COc1ccc(-c2cc(C(=O)N/N=C/c3ccc(F)s3)[nH]n2)cc1. The van der Waals surface area contributed by atoms with E-state index in [-0.39, 0.29) is 10.8 Å². The van der Waals surface area contributed by atoms with Crippen molar-refractivity contribution in [3.8, 4) is 17.0 Å². The molecule has 0 saturated heterocycles. The number of methoxy groups -OCH3 is 1. The van der Waals surface area contributed by atoms with E-state index < -0.39 is 5.91 Å². The average Bonchev–Trinajstić information content (AvgIpc) is 3.24. The smallest absolute Gasteiger partial charge is 0.289 e. The summed E-state index contributed by atoms with van der Waals surface area (Å²) in [7, 11) is 1.59. The number of thiophene rings is 1. The maximum atomic E-state index is 12.8. The molecule has 1 aromatic carbocycles. The van der Waals surface area contributed by atoms with Crippen LogP contribution < -0.4 is 10.2 Å². The van der Waals surface area contributed by atoms with Gasteiger partial charge in [-0.2, -0.15) is 14.6 Å². The third-order valence-corrected chi connectivity index (χ3v) is 3.97. The van der Waals surface area contributed by atoms with Gasteiger partial charge in [-0.15, -0.1) is 11.3 Å². The van der Waals surface area contributed by atoms with Gasteiger partial charge < -0.3 is 4.74 Å². The van der Waals surface area contributed by atoms with Crippen LogP contribution in [0, 0.1) is 5.13 Å². The Kier molecular flexibility index (Phi) is 4.66. The predicted octanol–water partition coefficient (Wildman–Crippen LogP) is 3.05. The van der Waals surface area contributed by atoms with E-state index in [2.05, 4.69) is 20.7 Å². The summed E-state index contributed by atoms with van der Waals surface area (Å²) in [4.78, 5) is 12.6. The number of benzene rings is 1. The van der Waals surface area contributed by atoms with Gasteiger partial charge in [-0.25, -0.2) is 5.43 Å². The Morgan fingerprint density at radius 1 is 1.33 bits per heavy atom. The number of H-pyrrole nitrogens is 1. The van der Waals surface area contributed by atoms with E-state index in [1.807, 2.05) is 24.3 Å². The summed E-state index contributed by atoms with van der Waals surface area (Å²) < 4.78 is 17.9. The largest absolute Gasteiger partial charge is 0.497 e. The number of hydrogen-bond acceptors (Lipinski definition) is 5. The van der Waals surface area contributed by atoms with E-state index in [1.165, 1.54) is 12.3 Å². The van der Waals surface area contributed by atoms with Gasteiger partial charge in [0.25, 0.3) is 5.91 Å². The van der Waals surface area contributed by atoms with Crippen molar-refractivity contribution in [3.63, 3.8) is 0 Å². The fourth-order valence-corrected chi connectivity index (χ4v) is 2.56. The Labute approximate surface area is 141 Å². The van der Waals surface area contributed by atoms with Gasteiger partial charge >= 0.3 is 0 Å². The van der Waals surface area contributed by atoms with Crippen molar-refractivity contribution in [1.82, 2.24) is 15.6 Å². The lowest BCUT2D eigenvalue weighted by Gasteiger charge is -1.99. The first-order valence-corrected chi connectivity index (χ1v) is 7.76. The minimum atomic E-state index is -0.435. The molecule has 0 aliphatic heterocycles. The predicted molar refractivity (Wildman–Crippen MR) is 89.9 cm³/mol. The fraction of sp³-hybridized carbons (Fsp3) is 0.0625. The van der Waals surface area contributed by atoms with Gasteiger partial charge in [0.15, 0.2) is 5.13 Å². The van der Waals surface area contributed by atoms with Crippen LogP contribution in [0.4, 0.5) is 4.39 Å². The minimum Gasteiger partial charge on any atom is -0.497 e. The van der Waals surface area contributed by atoms with E-state index >= 15 is 0 Å². The number of carbonyl (C=O) groups excluding carboxylic acids is 1. The van der Waals surface area contributed by atoms with E-state index in [4.69, 9.17) is 4.74 Å². The lowest BCUT2D eigenvalue weighted by molar-refractivity contribution is 0.0950. The first-order valence-electron chi connectivity index (χ1n) is 6.94. The van der Waals surface area contributed by atoms with Crippen LogP contribution in [-0.4, -0.2) is 29.4 Å². The van der Waals surface area contributed by atoms with E-state index in [0.29, 0.717) is 10.6 Å². The van der Waals surface area contributed by atoms with Crippen LogP contribution in [0.2, 0.25) is 0 Å². The number of carbonyl (C=O) groups is 1. The summed E-state index contributed by atoms with van der Waals surface area (Å²) in [6.07, 6.45) is 1.38. The van der Waals surface area contributed by atoms with Gasteiger partial charge in [-0.3, -0.25) is 9.89 Å². The monoisotopic (exact) mass is 344 g/mol. The second kappa shape index (κ2) is 7.05. The minimum absolute atomic E-state index is 0.273. The number of aromatic nitrogens is 2. The van der Waals surface area contributed by atoms with Crippen molar-refractivity contribution in [2.45, 2.75) is 0 Å². The number of nitrogens with one attached hydrogen (secondary N) is 2. The molecule has 8 heteroatoms.